The normalized spacial score (nSPS) is 11.9. The SMILES string of the molecule is COc1cccc(-c2cnc(N)nc2N[C@H](C)c2nc3cccc(Cl)c3c(=O)n2-c2ccccc2)c1. The van der Waals surface area contributed by atoms with Crippen molar-refractivity contribution in [2.75, 3.05) is 18.2 Å². The second kappa shape index (κ2) is 9.67. The number of nitrogen functional groups attached to an aromatic ring is 1. The number of methoxy groups -OCH3 is 1. The lowest BCUT2D eigenvalue weighted by molar-refractivity contribution is 0.415. The maximum absolute atomic E-state index is 13.7. The fraction of sp³-hybridized carbons (Fsp3) is 0.111. The summed E-state index contributed by atoms with van der Waals surface area (Å²) in [4.78, 5) is 27.2. The summed E-state index contributed by atoms with van der Waals surface area (Å²) in [6, 6.07) is 21.7. The van der Waals surface area contributed by atoms with Crippen molar-refractivity contribution in [2.24, 2.45) is 0 Å². The summed E-state index contributed by atoms with van der Waals surface area (Å²) in [6.07, 6.45) is 1.66. The topological polar surface area (TPSA) is 108 Å². The molecule has 180 valence electrons. The Morgan fingerprint density at radius 3 is 2.58 bits per heavy atom. The zero-order valence-electron chi connectivity index (χ0n) is 19.6. The molecule has 0 saturated heterocycles. The fourth-order valence-corrected chi connectivity index (χ4v) is 4.35. The predicted octanol–water partition coefficient (Wildman–Crippen LogP) is 5.26. The van der Waals surface area contributed by atoms with Crippen LogP contribution >= 0.6 is 11.6 Å². The minimum absolute atomic E-state index is 0.120. The average molecular weight is 499 g/mol. The van der Waals surface area contributed by atoms with E-state index in [1.165, 1.54) is 0 Å². The number of aromatic nitrogens is 4. The van der Waals surface area contributed by atoms with E-state index in [0.29, 0.717) is 39.0 Å². The minimum atomic E-state index is -0.444. The van der Waals surface area contributed by atoms with Crippen LogP contribution in [0.25, 0.3) is 27.7 Å². The summed E-state index contributed by atoms with van der Waals surface area (Å²) in [7, 11) is 1.61. The van der Waals surface area contributed by atoms with Gasteiger partial charge in [0.05, 0.1) is 34.8 Å². The van der Waals surface area contributed by atoms with Crippen molar-refractivity contribution in [1.29, 1.82) is 0 Å². The first-order valence-corrected chi connectivity index (χ1v) is 11.6. The zero-order valence-corrected chi connectivity index (χ0v) is 20.4. The van der Waals surface area contributed by atoms with Crippen LogP contribution in [0.3, 0.4) is 0 Å². The molecule has 0 radical (unpaired) electrons. The van der Waals surface area contributed by atoms with Crippen LogP contribution in [0, 0.1) is 0 Å². The van der Waals surface area contributed by atoms with Gasteiger partial charge in [-0.2, -0.15) is 4.98 Å². The number of anilines is 2. The Morgan fingerprint density at radius 1 is 1.03 bits per heavy atom. The van der Waals surface area contributed by atoms with Crippen molar-refractivity contribution < 1.29 is 4.74 Å². The van der Waals surface area contributed by atoms with E-state index in [9.17, 15) is 4.79 Å². The van der Waals surface area contributed by atoms with Crippen LogP contribution in [0.4, 0.5) is 11.8 Å². The number of nitrogens with zero attached hydrogens (tertiary/aromatic N) is 4. The third kappa shape index (κ3) is 4.34. The van der Waals surface area contributed by atoms with E-state index < -0.39 is 6.04 Å². The van der Waals surface area contributed by atoms with E-state index in [1.807, 2.05) is 61.5 Å². The van der Waals surface area contributed by atoms with Gasteiger partial charge in [-0.3, -0.25) is 9.36 Å². The van der Waals surface area contributed by atoms with Crippen LogP contribution in [-0.4, -0.2) is 26.6 Å². The van der Waals surface area contributed by atoms with Crippen LogP contribution in [0.2, 0.25) is 5.02 Å². The second-order valence-corrected chi connectivity index (χ2v) is 8.58. The number of para-hydroxylation sites is 1. The number of fused-ring (bicyclic) bond motifs is 1. The lowest BCUT2D eigenvalue weighted by Crippen LogP contribution is -2.27. The highest BCUT2D eigenvalue weighted by Gasteiger charge is 2.21. The van der Waals surface area contributed by atoms with Gasteiger partial charge in [-0.1, -0.05) is 48.0 Å². The molecule has 5 rings (SSSR count). The molecule has 0 bridgehead atoms. The quantitative estimate of drug-likeness (QED) is 0.328. The summed E-state index contributed by atoms with van der Waals surface area (Å²) < 4.78 is 6.95. The van der Waals surface area contributed by atoms with Gasteiger partial charge in [0.1, 0.15) is 17.4 Å². The average Bonchev–Trinajstić information content (AvgIpc) is 2.89. The Morgan fingerprint density at radius 2 is 1.81 bits per heavy atom. The molecule has 0 unspecified atom stereocenters. The fourth-order valence-electron chi connectivity index (χ4n) is 4.10. The Hall–Kier alpha value is -4.43. The van der Waals surface area contributed by atoms with E-state index in [4.69, 9.17) is 27.1 Å². The molecule has 36 heavy (non-hydrogen) atoms. The monoisotopic (exact) mass is 498 g/mol. The molecule has 0 aliphatic rings. The molecular formula is C27H23ClN6O2. The highest BCUT2D eigenvalue weighted by atomic mass is 35.5. The minimum Gasteiger partial charge on any atom is -0.497 e. The summed E-state index contributed by atoms with van der Waals surface area (Å²) in [5, 5.41) is 4.11. The molecule has 0 amide bonds. The smallest absolute Gasteiger partial charge is 0.267 e. The molecule has 0 aliphatic carbocycles. The Balaban J connectivity index is 1.66. The number of nitrogens with one attached hydrogen (secondary N) is 1. The first kappa shape index (κ1) is 23.3. The van der Waals surface area contributed by atoms with Crippen LogP contribution in [0.15, 0.2) is 83.8 Å². The predicted molar refractivity (Wildman–Crippen MR) is 143 cm³/mol. The van der Waals surface area contributed by atoms with Gasteiger partial charge in [-0.05, 0) is 48.9 Å². The van der Waals surface area contributed by atoms with Crippen LogP contribution < -0.4 is 21.3 Å². The maximum Gasteiger partial charge on any atom is 0.267 e. The Kier molecular flexibility index (Phi) is 6.26. The highest BCUT2D eigenvalue weighted by molar-refractivity contribution is 6.35. The van der Waals surface area contributed by atoms with Crippen molar-refractivity contribution in [3.05, 3.63) is 100 Å². The van der Waals surface area contributed by atoms with Crippen molar-refractivity contribution in [2.45, 2.75) is 13.0 Å². The van der Waals surface area contributed by atoms with Crippen LogP contribution in [0.1, 0.15) is 18.8 Å². The Labute approximate surface area is 212 Å². The van der Waals surface area contributed by atoms with Gasteiger partial charge in [0.2, 0.25) is 5.95 Å². The summed E-state index contributed by atoms with van der Waals surface area (Å²) >= 11 is 6.40. The van der Waals surface area contributed by atoms with Gasteiger partial charge in [-0.25, -0.2) is 9.97 Å². The van der Waals surface area contributed by atoms with Crippen LogP contribution in [0.5, 0.6) is 5.75 Å². The molecule has 9 heteroatoms. The van der Waals surface area contributed by atoms with E-state index >= 15 is 0 Å². The molecule has 0 saturated carbocycles. The Bertz CT molecular complexity index is 1620. The second-order valence-electron chi connectivity index (χ2n) is 8.17. The van der Waals surface area contributed by atoms with Gasteiger partial charge in [-0.15, -0.1) is 0 Å². The summed E-state index contributed by atoms with van der Waals surface area (Å²) in [5.41, 5.74) is 8.45. The van der Waals surface area contributed by atoms with Crippen molar-refractivity contribution in [3.8, 4) is 22.6 Å². The van der Waals surface area contributed by atoms with Gasteiger partial charge in [0, 0.05) is 11.8 Å². The maximum atomic E-state index is 13.7. The third-order valence-corrected chi connectivity index (χ3v) is 6.13. The number of rotatable bonds is 6. The molecule has 5 aromatic rings. The van der Waals surface area contributed by atoms with Crippen molar-refractivity contribution in [3.63, 3.8) is 0 Å². The summed E-state index contributed by atoms with van der Waals surface area (Å²) in [5.74, 6) is 1.82. The van der Waals surface area contributed by atoms with Gasteiger partial charge < -0.3 is 15.8 Å². The van der Waals surface area contributed by atoms with Crippen molar-refractivity contribution in [1.82, 2.24) is 19.5 Å². The standard InChI is InChI=1S/C27H23ClN6O2/c1-16(31-24-20(15-30-27(29)33-24)17-8-6-11-19(14-17)36-2)25-32-22-13-7-12-21(28)23(22)26(35)34(25)18-9-4-3-5-10-18/h3-16H,1-2H3,(H3,29,30,31,33)/t16-/m1/s1. The molecule has 1 atom stereocenters. The molecule has 8 nitrogen and oxygen atoms in total. The number of ether oxygens (including phenoxy) is 1. The van der Waals surface area contributed by atoms with Crippen LogP contribution in [-0.2, 0) is 0 Å². The van der Waals surface area contributed by atoms with E-state index in [2.05, 4.69) is 15.3 Å². The molecule has 3 N–H and O–H groups in total. The highest BCUT2D eigenvalue weighted by Crippen LogP contribution is 2.31. The lowest BCUT2D eigenvalue weighted by Gasteiger charge is -2.21. The first-order valence-electron chi connectivity index (χ1n) is 11.3. The van der Waals surface area contributed by atoms with Gasteiger partial charge in [0.25, 0.3) is 5.56 Å². The van der Waals surface area contributed by atoms with Gasteiger partial charge >= 0.3 is 0 Å². The number of benzene rings is 3. The number of hydrogen-bond donors (Lipinski definition) is 2. The zero-order chi connectivity index (χ0) is 25.2. The number of nitrogens with two attached hydrogens (primary N) is 1. The van der Waals surface area contributed by atoms with Gasteiger partial charge in [0.15, 0.2) is 0 Å². The third-order valence-electron chi connectivity index (χ3n) is 5.82. The molecular weight excluding hydrogens is 476 g/mol. The molecule has 2 heterocycles. The summed E-state index contributed by atoms with van der Waals surface area (Å²) in [6.45, 7) is 1.91. The molecule has 0 aliphatic heterocycles. The molecule has 3 aromatic carbocycles. The molecule has 0 spiro atoms. The lowest BCUT2D eigenvalue weighted by atomic mass is 10.1. The molecule has 0 fully saturated rings. The van der Waals surface area contributed by atoms with E-state index in [-0.39, 0.29) is 11.5 Å². The number of halogens is 1. The largest absolute Gasteiger partial charge is 0.497 e. The molecule has 2 aromatic heterocycles. The van der Waals surface area contributed by atoms with E-state index in [1.54, 1.807) is 36.1 Å². The van der Waals surface area contributed by atoms with E-state index in [0.717, 1.165) is 11.1 Å². The first-order chi connectivity index (χ1) is 17.5. The van der Waals surface area contributed by atoms with Crippen molar-refractivity contribution >= 4 is 34.3 Å². The number of hydrogen-bond acceptors (Lipinski definition) is 7.